The number of carbonyl (C=O) groups is 2. The van der Waals surface area contributed by atoms with Gasteiger partial charge in [-0.1, -0.05) is 48.1 Å². The minimum atomic E-state index is -0.514. The molecule has 1 aliphatic rings. The number of benzene rings is 1. The summed E-state index contributed by atoms with van der Waals surface area (Å²) in [7, 11) is 0. The zero-order valence-corrected chi connectivity index (χ0v) is 11.3. The Hall–Kier alpha value is -1.96. The van der Waals surface area contributed by atoms with Crippen molar-refractivity contribution in [2.45, 2.75) is 26.7 Å². The highest BCUT2D eigenvalue weighted by atomic mass is 16.2. The lowest BCUT2D eigenvalue weighted by atomic mass is 9.99. The Morgan fingerprint density at radius 3 is 2.21 bits per heavy atom. The lowest BCUT2D eigenvalue weighted by Crippen LogP contribution is -2.13. The van der Waals surface area contributed by atoms with Crippen molar-refractivity contribution in [3.63, 3.8) is 0 Å². The number of hydrogen-bond donors (Lipinski definition) is 0. The maximum atomic E-state index is 12.1. The molecular weight excluding hydrogens is 236 g/mol. The van der Waals surface area contributed by atoms with Crippen molar-refractivity contribution < 1.29 is 9.59 Å². The molecule has 2 nitrogen and oxygen atoms in total. The Bertz CT molecular complexity index is 529. The van der Waals surface area contributed by atoms with Crippen LogP contribution in [0.5, 0.6) is 0 Å². The van der Waals surface area contributed by atoms with Crippen LogP contribution in [0.3, 0.4) is 0 Å². The highest BCUT2D eigenvalue weighted by Gasteiger charge is 2.36. The van der Waals surface area contributed by atoms with Gasteiger partial charge in [0.15, 0.2) is 11.6 Å². The summed E-state index contributed by atoms with van der Waals surface area (Å²) in [5.41, 5.74) is 2.44. The van der Waals surface area contributed by atoms with Crippen LogP contribution in [0, 0.1) is 5.92 Å². The number of hydrogen-bond acceptors (Lipinski definition) is 2. The fourth-order valence-electron chi connectivity index (χ4n) is 2.24. The van der Waals surface area contributed by atoms with Gasteiger partial charge >= 0.3 is 0 Å². The SMILES string of the molecule is C/C=C(/C)C/C=C/CC1C(=O)c2ccccc2C1=O. The van der Waals surface area contributed by atoms with E-state index in [1.54, 1.807) is 24.3 Å². The van der Waals surface area contributed by atoms with Crippen molar-refractivity contribution in [2.24, 2.45) is 5.92 Å². The van der Waals surface area contributed by atoms with E-state index in [0.29, 0.717) is 17.5 Å². The number of allylic oxidation sites excluding steroid dienone is 4. The van der Waals surface area contributed by atoms with Gasteiger partial charge in [0.25, 0.3) is 0 Å². The molecule has 1 aliphatic carbocycles. The Labute approximate surface area is 113 Å². The standard InChI is InChI=1S/C17H18O2/c1-3-12(2)8-4-5-11-15-16(18)13-9-6-7-10-14(13)17(15)19/h3-7,9-10,15H,8,11H2,1-2H3/b5-4+,12-3-. The molecule has 0 unspecified atom stereocenters. The minimum absolute atomic E-state index is 0.0343. The van der Waals surface area contributed by atoms with Crippen LogP contribution in [-0.2, 0) is 0 Å². The predicted octanol–water partition coefficient (Wildman–Crippen LogP) is 3.98. The third kappa shape index (κ3) is 2.73. The van der Waals surface area contributed by atoms with Gasteiger partial charge in [0.05, 0.1) is 5.92 Å². The third-order valence-corrected chi connectivity index (χ3v) is 3.56. The highest BCUT2D eigenvalue weighted by molar-refractivity contribution is 6.26. The molecule has 1 aromatic rings. The maximum Gasteiger partial charge on any atom is 0.174 e. The minimum Gasteiger partial charge on any atom is -0.293 e. The number of rotatable bonds is 4. The van der Waals surface area contributed by atoms with Crippen molar-refractivity contribution in [3.8, 4) is 0 Å². The lowest BCUT2D eigenvalue weighted by molar-refractivity contribution is 0.0840. The van der Waals surface area contributed by atoms with Gasteiger partial charge in [0, 0.05) is 11.1 Å². The van der Waals surface area contributed by atoms with E-state index in [4.69, 9.17) is 0 Å². The first-order chi connectivity index (χ1) is 9.15. The van der Waals surface area contributed by atoms with E-state index in [1.807, 2.05) is 19.1 Å². The molecule has 0 aromatic heterocycles. The molecule has 0 spiro atoms. The van der Waals surface area contributed by atoms with E-state index < -0.39 is 5.92 Å². The summed E-state index contributed by atoms with van der Waals surface area (Å²) in [6.07, 6.45) is 7.41. The molecule has 0 fully saturated rings. The lowest BCUT2D eigenvalue weighted by Gasteiger charge is -2.02. The number of carbonyl (C=O) groups excluding carboxylic acids is 2. The molecule has 1 aromatic carbocycles. The molecule has 0 saturated carbocycles. The second-order valence-corrected chi connectivity index (χ2v) is 4.87. The zero-order valence-electron chi connectivity index (χ0n) is 11.3. The molecular formula is C17H18O2. The average Bonchev–Trinajstić information content (AvgIpc) is 2.68. The fourth-order valence-corrected chi connectivity index (χ4v) is 2.24. The Morgan fingerprint density at radius 2 is 1.68 bits per heavy atom. The second kappa shape index (κ2) is 5.79. The van der Waals surface area contributed by atoms with Crippen LogP contribution in [0.1, 0.15) is 47.4 Å². The van der Waals surface area contributed by atoms with E-state index >= 15 is 0 Å². The molecule has 19 heavy (non-hydrogen) atoms. The average molecular weight is 254 g/mol. The number of ketones is 2. The summed E-state index contributed by atoms with van der Waals surface area (Å²) in [5, 5.41) is 0. The van der Waals surface area contributed by atoms with Crippen LogP contribution in [-0.4, -0.2) is 11.6 Å². The predicted molar refractivity (Wildman–Crippen MR) is 76.4 cm³/mol. The summed E-state index contributed by atoms with van der Waals surface area (Å²) in [6.45, 7) is 4.07. The van der Waals surface area contributed by atoms with Crippen molar-refractivity contribution in [1.82, 2.24) is 0 Å². The van der Waals surface area contributed by atoms with Crippen molar-refractivity contribution >= 4 is 11.6 Å². The van der Waals surface area contributed by atoms with Gasteiger partial charge in [-0.25, -0.2) is 0 Å². The van der Waals surface area contributed by atoms with Crippen molar-refractivity contribution in [1.29, 1.82) is 0 Å². The molecule has 0 N–H and O–H groups in total. The van der Waals surface area contributed by atoms with Crippen LogP contribution in [0.25, 0.3) is 0 Å². The van der Waals surface area contributed by atoms with Gasteiger partial charge in [-0.05, 0) is 26.7 Å². The van der Waals surface area contributed by atoms with Gasteiger partial charge < -0.3 is 0 Å². The molecule has 2 rings (SSSR count). The number of Topliss-reactive ketones (excluding diaryl/α,β-unsaturated/α-hetero) is 2. The quantitative estimate of drug-likeness (QED) is 0.601. The van der Waals surface area contributed by atoms with Gasteiger partial charge in [-0.3, -0.25) is 9.59 Å². The van der Waals surface area contributed by atoms with E-state index in [2.05, 4.69) is 13.0 Å². The molecule has 0 radical (unpaired) electrons. The summed E-state index contributed by atoms with van der Waals surface area (Å²) < 4.78 is 0. The van der Waals surface area contributed by atoms with E-state index in [9.17, 15) is 9.59 Å². The molecule has 2 heteroatoms. The number of fused-ring (bicyclic) bond motifs is 1. The highest BCUT2D eigenvalue weighted by Crippen LogP contribution is 2.28. The molecule has 98 valence electrons. The van der Waals surface area contributed by atoms with Gasteiger partial charge in [0.2, 0.25) is 0 Å². The maximum absolute atomic E-state index is 12.1. The third-order valence-electron chi connectivity index (χ3n) is 3.56. The zero-order chi connectivity index (χ0) is 13.8. The van der Waals surface area contributed by atoms with Crippen LogP contribution >= 0.6 is 0 Å². The van der Waals surface area contributed by atoms with Gasteiger partial charge in [-0.15, -0.1) is 0 Å². The molecule has 0 amide bonds. The van der Waals surface area contributed by atoms with Gasteiger partial charge in [-0.2, -0.15) is 0 Å². The Morgan fingerprint density at radius 1 is 1.11 bits per heavy atom. The largest absolute Gasteiger partial charge is 0.293 e. The first-order valence-electron chi connectivity index (χ1n) is 6.59. The van der Waals surface area contributed by atoms with E-state index in [1.165, 1.54) is 5.57 Å². The Kier molecular flexibility index (Phi) is 4.10. The molecule has 0 heterocycles. The van der Waals surface area contributed by atoms with Crippen LogP contribution in [0.4, 0.5) is 0 Å². The molecule has 0 aliphatic heterocycles. The first-order valence-corrected chi connectivity index (χ1v) is 6.59. The molecule has 0 bridgehead atoms. The van der Waals surface area contributed by atoms with Gasteiger partial charge in [0.1, 0.15) is 0 Å². The normalized spacial score (nSPS) is 16.4. The summed E-state index contributed by atoms with van der Waals surface area (Å²) in [4.78, 5) is 24.3. The van der Waals surface area contributed by atoms with Crippen molar-refractivity contribution in [3.05, 3.63) is 59.2 Å². The summed E-state index contributed by atoms with van der Waals surface area (Å²) >= 11 is 0. The Balaban J connectivity index is 2.05. The second-order valence-electron chi connectivity index (χ2n) is 4.87. The van der Waals surface area contributed by atoms with Crippen LogP contribution < -0.4 is 0 Å². The van der Waals surface area contributed by atoms with Crippen LogP contribution in [0.15, 0.2) is 48.1 Å². The van der Waals surface area contributed by atoms with E-state index in [-0.39, 0.29) is 11.6 Å². The first kappa shape index (κ1) is 13.5. The molecule has 0 atom stereocenters. The fraction of sp³-hybridized carbons (Fsp3) is 0.294. The smallest absolute Gasteiger partial charge is 0.174 e. The topological polar surface area (TPSA) is 34.1 Å². The summed E-state index contributed by atoms with van der Waals surface area (Å²) in [6, 6.07) is 7.09. The summed E-state index contributed by atoms with van der Waals surface area (Å²) in [5.74, 6) is -0.583. The van der Waals surface area contributed by atoms with Crippen LogP contribution in [0.2, 0.25) is 0 Å². The molecule has 0 saturated heterocycles. The monoisotopic (exact) mass is 254 g/mol. The van der Waals surface area contributed by atoms with Crippen molar-refractivity contribution in [2.75, 3.05) is 0 Å². The van der Waals surface area contributed by atoms with E-state index in [0.717, 1.165) is 6.42 Å².